The molecule has 17 heavy (non-hydrogen) atoms. The number of hydrogen-bond acceptors (Lipinski definition) is 2. The molecular weight excluding hydrogens is 278 g/mol. The second kappa shape index (κ2) is 6.53. The summed E-state index contributed by atoms with van der Waals surface area (Å²) in [5.74, 6) is 0. The van der Waals surface area contributed by atoms with E-state index in [4.69, 9.17) is 0 Å². The second-order valence-electron chi connectivity index (χ2n) is 4.84. The molecule has 1 saturated carbocycles. The molecule has 0 aliphatic heterocycles. The van der Waals surface area contributed by atoms with Gasteiger partial charge in [-0.15, -0.1) is 0 Å². The molecular formula is C14H20BrNO. The maximum atomic E-state index is 9.42. The number of benzene rings is 1. The Morgan fingerprint density at radius 3 is 2.41 bits per heavy atom. The summed E-state index contributed by atoms with van der Waals surface area (Å²) in [6.45, 7) is 1.03. The van der Waals surface area contributed by atoms with Crippen molar-refractivity contribution in [3.8, 4) is 0 Å². The van der Waals surface area contributed by atoms with Crippen molar-refractivity contribution in [2.24, 2.45) is 0 Å². The van der Waals surface area contributed by atoms with Gasteiger partial charge in [0.05, 0.1) is 6.10 Å². The number of rotatable bonds is 4. The van der Waals surface area contributed by atoms with E-state index in [1.54, 1.807) is 0 Å². The van der Waals surface area contributed by atoms with Gasteiger partial charge in [-0.1, -0.05) is 28.1 Å². The van der Waals surface area contributed by atoms with Gasteiger partial charge in [-0.05, 0) is 56.3 Å². The molecule has 0 heterocycles. The van der Waals surface area contributed by atoms with Crippen LogP contribution in [0.2, 0.25) is 0 Å². The van der Waals surface area contributed by atoms with Crippen LogP contribution in [0.25, 0.3) is 0 Å². The van der Waals surface area contributed by atoms with Crippen molar-refractivity contribution in [1.82, 2.24) is 5.32 Å². The van der Waals surface area contributed by atoms with Crippen LogP contribution in [0, 0.1) is 0 Å². The molecule has 0 amide bonds. The summed E-state index contributed by atoms with van der Waals surface area (Å²) in [4.78, 5) is 0. The minimum absolute atomic E-state index is 0.0560. The Kier molecular flexibility index (Phi) is 5.01. The van der Waals surface area contributed by atoms with Crippen LogP contribution in [0.3, 0.4) is 0 Å². The van der Waals surface area contributed by atoms with Crippen molar-refractivity contribution in [3.05, 3.63) is 34.3 Å². The summed E-state index contributed by atoms with van der Waals surface area (Å²) >= 11 is 3.44. The Hall–Kier alpha value is -0.380. The van der Waals surface area contributed by atoms with Crippen LogP contribution in [0.15, 0.2) is 28.7 Å². The third-order valence-electron chi connectivity index (χ3n) is 3.46. The van der Waals surface area contributed by atoms with Crippen LogP contribution in [0.5, 0.6) is 0 Å². The van der Waals surface area contributed by atoms with Crippen LogP contribution in [-0.2, 0) is 6.42 Å². The third-order valence-corrected chi connectivity index (χ3v) is 3.99. The average Bonchev–Trinajstić information content (AvgIpc) is 2.34. The fourth-order valence-electron chi connectivity index (χ4n) is 2.35. The lowest BCUT2D eigenvalue weighted by molar-refractivity contribution is 0.117. The topological polar surface area (TPSA) is 32.3 Å². The zero-order valence-corrected chi connectivity index (χ0v) is 11.6. The second-order valence-corrected chi connectivity index (χ2v) is 5.75. The molecule has 0 spiro atoms. The van der Waals surface area contributed by atoms with Crippen molar-refractivity contribution < 1.29 is 5.11 Å². The number of nitrogens with one attached hydrogen (secondary N) is 1. The minimum atomic E-state index is -0.0560. The highest BCUT2D eigenvalue weighted by atomic mass is 79.9. The first-order valence-electron chi connectivity index (χ1n) is 6.40. The first-order chi connectivity index (χ1) is 8.24. The van der Waals surface area contributed by atoms with E-state index >= 15 is 0 Å². The molecule has 3 heteroatoms. The maximum Gasteiger partial charge on any atom is 0.0541 e. The van der Waals surface area contributed by atoms with Crippen LogP contribution >= 0.6 is 15.9 Å². The molecule has 1 aromatic carbocycles. The molecule has 0 radical (unpaired) electrons. The van der Waals surface area contributed by atoms with Gasteiger partial charge in [0.1, 0.15) is 0 Å². The standard InChI is InChI=1S/C14H20BrNO/c15-12-3-1-11(2-4-12)9-10-16-13-5-7-14(17)8-6-13/h1-4,13-14,16-17H,5-10H2. The van der Waals surface area contributed by atoms with Crippen LogP contribution in [-0.4, -0.2) is 23.8 Å². The van der Waals surface area contributed by atoms with Gasteiger partial charge in [-0.25, -0.2) is 0 Å². The Morgan fingerprint density at radius 1 is 1.12 bits per heavy atom. The highest BCUT2D eigenvalue weighted by molar-refractivity contribution is 9.10. The Labute approximate surface area is 112 Å². The molecule has 1 aliphatic carbocycles. The monoisotopic (exact) mass is 297 g/mol. The summed E-state index contributed by atoms with van der Waals surface area (Å²) in [5.41, 5.74) is 1.37. The first kappa shape index (κ1) is 13.1. The number of aliphatic hydroxyl groups excluding tert-OH is 1. The normalized spacial score (nSPS) is 24.8. The third kappa shape index (κ3) is 4.41. The molecule has 0 unspecified atom stereocenters. The zero-order valence-electron chi connectivity index (χ0n) is 10.0. The van der Waals surface area contributed by atoms with Gasteiger partial charge in [-0.3, -0.25) is 0 Å². The van der Waals surface area contributed by atoms with Crippen molar-refractivity contribution in [2.45, 2.75) is 44.2 Å². The lowest BCUT2D eigenvalue weighted by atomic mass is 9.93. The van der Waals surface area contributed by atoms with E-state index in [-0.39, 0.29) is 6.10 Å². The molecule has 1 aliphatic rings. The Balaban J connectivity index is 1.67. The van der Waals surface area contributed by atoms with Gasteiger partial charge in [-0.2, -0.15) is 0 Å². The predicted octanol–water partition coefficient (Wildman–Crippen LogP) is 2.88. The summed E-state index contributed by atoms with van der Waals surface area (Å²) in [5, 5.41) is 13.0. The smallest absolute Gasteiger partial charge is 0.0541 e. The van der Waals surface area contributed by atoms with E-state index in [1.165, 1.54) is 5.56 Å². The summed E-state index contributed by atoms with van der Waals surface area (Å²) in [7, 11) is 0. The molecule has 2 N–H and O–H groups in total. The van der Waals surface area contributed by atoms with Crippen LogP contribution < -0.4 is 5.32 Å². The maximum absolute atomic E-state index is 9.42. The van der Waals surface area contributed by atoms with E-state index in [9.17, 15) is 5.11 Å². The summed E-state index contributed by atoms with van der Waals surface area (Å²) in [6.07, 6.45) is 5.15. The number of aliphatic hydroxyl groups is 1. The molecule has 0 saturated heterocycles. The van der Waals surface area contributed by atoms with Gasteiger partial charge in [0.25, 0.3) is 0 Å². The molecule has 1 aromatic rings. The van der Waals surface area contributed by atoms with Crippen LogP contribution in [0.4, 0.5) is 0 Å². The first-order valence-corrected chi connectivity index (χ1v) is 7.19. The molecule has 0 atom stereocenters. The lowest BCUT2D eigenvalue weighted by Gasteiger charge is -2.26. The Morgan fingerprint density at radius 2 is 1.76 bits per heavy atom. The van der Waals surface area contributed by atoms with E-state index in [0.717, 1.165) is 43.1 Å². The molecule has 2 nitrogen and oxygen atoms in total. The van der Waals surface area contributed by atoms with Crippen molar-refractivity contribution in [2.75, 3.05) is 6.54 Å². The largest absolute Gasteiger partial charge is 0.393 e. The SMILES string of the molecule is OC1CCC(NCCc2ccc(Br)cc2)CC1. The molecule has 1 fully saturated rings. The van der Waals surface area contributed by atoms with E-state index in [0.29, 0.717) is 6.04 Å². The molecule has 0 bridgehead atoms. The number of halogens is 1. The van der Waals surface area contributed by atoms with E-state index in [1.807, 2.05) is 0 Å². The average molecular weight is 298 g/mol. The van der Waals surface area contributed by atoms with Crippen LogP contribution in [0.1, 0.15) is 31.2 Å². The summed E-state index contributed by atoms with van der Waals surface area (Å²) in [6, 6.07) is 9.11. The fraction of sp³-hybridized carbons (Fsp3) is 0.571. The van der Waals surface area contributed by atoms with Gasteiger partial charge in [0, 0.05) is 10.5 Å². The Bertz CT molecular complexity index is 331. The zero-order chi connectivity index (χ0) is 12.1. The van der Waals surface area contributed by atoms with Crippen molar-refractivity contribution in [3.63, 3.8) is 0 Å². The molecule has 2 rings (SSSR count). The highest BCUT2D eigenvalue weighted by Gasteiger charge is 2.18. The predicted molar refractivity (Wildman–Crippen MR) is 74.1 cm³/mol. The van der Waals surface area contributed by atoms with Gasteiger partial charge in [0.15, 0.2) is 0 Å². The minimum Gasteiger partial charge on any atom is -0.393 e. The van der Waals surface area contributed by atoms with Gasteiger partial charge in [0.2, 0.25) is 0 Å². The lowest BCUT2D eigenvalue weighted by Crippen LogP contribution is -2.35. The van der Waals surface area contributed by atoms with Gasteiger partial charge >= 0.3 is 0 Å². The van der Waals surface area contributed by atoms with Crippen molar-refractivity contribution in [1.29, 1.82) is 0 Å². The van der Waals surface area contributed by atoms with Crippen molar-refractivity contribution >= 4 is 15.9 Å². The molecule has 94 valence electrons. The highest BCUT2D eigenvalue weighted by Crippen LogP contribution is 2.18. The van der Waals surface area contributed by atoms with Gasteiger partial charge < -0.3 is 10.4 Å². The molecule has 0 aromatic heterocycles. The summed E-state index contributed by atoms with van der Waals surface area (Å²) < 4.78 is 1.13. The quantitative estimate of drug-likeness (QED) is 0.896. The number of hydrogen-bond donors (Lipinski definition) is 2. The van der Waals surface area contributed by atoms with E-state index in [2.05, 4.69) is 45.5 Å². The van der Waals surface area contributed by atoms with E-state index < -0.39 is 0 Å². The fourth-order valence-corrected chi connectivity index (χ4v) is 2.62.